The normalized spacial score (nSPS) is 10.6. The van der Waals surface area contributed by atoms with Crippen LogP contribution in [-0.4, -0.2) is 33.5 Å². The molecule has 14 heavy (non-hydrogen) atoms. The Labute approximate surface area is 81.5 Å². The summed E-state index contributed by atoms with van der Waals surface area (Å²) in [5.41, 5.74) is 4.90. The molecule has 0 rings (SSSR count). The van der Waals surface area contributed by atoms with E-state index in [0.717, 1.165) is 0 Å². The third kappa shape index (κ3) is 6.20. The lowest BCUT2D eigenvalue weighted by Gasteiger charge is -2.06. The van der Waals surface area contributed by atoms with E-state index in [0.29, 0.717) is 0 Å². The van der Waals surface area contributed by atoms with E-state index in [1.165, 1.54) is 6.92 Å². The highest BCUT2D eigenvalue weighted by Crippen LogP contribution is 1.81. The first-order chi connectivity index (χ1) is 6.37. The highest BCUT2D eigenvalue weighted by atomic mass is 32.2. The molecule has 0 bridgehead atoms. The second kappa shape index (κ2) is 5.40. The minimum Gasteiger partial charge on any atom is -0.449 e. The van der Waals surface area contributed by atoms with Gasteiger partial charge in [-0.1, -0.05) is 0 Å². The van der Waals surface area contributed by atoms with Gasteiger partial charge in [0.25, 0.3) is 0 Å². The molecule has 1 amide bonds. The largest absolute Gasteiger partial charge is 0.449 e. The van der Waals surface area contributed by atoms with Crippen LogP contribution in [0.1, 0.15) is 6.92 Å². The third-order valence-corrected chi connectivity index (χ3v) is 1.91. The molecule has 0 aliphatic heterocycles. The lowest BCUT2D eigenvalue weighted by molar-refractivity contribution is 0.158. The second-order valence-corrected chi connectivity index (χ2v) is 3.67. The van der Waals surface area contributed by atoms with Crippen LogP contribution >= 0.6 is 0 Å². The Bertz CT molecular complexity index is 312. The Morgan fingerprint density at radius 2 is 2.14 bits per heavy atom. The van der Waals surface area contributed by atoms with Crippen LogP contribution in [0.3, 0.4) is 0 Å². The average Bonchev–Trinajstić information content (AvgIpc) is 2.00. The molecular formula is C5H12N4O4S. The summed E-state index contributed by atoms with van der Waals surface area (Å²) in [6, 6.07) is 0. The number of carbonyl (C=O) groups excluding carboxylic acids is 1. The van der Waals surface area contributed by atoms with E-state index in [2.05, 4.69) is 4.74 Å². The minimum atomic E-state index is -3.99. The first-order valence-corrected chi connectivity index (χ1v) is 5.12. The maximum atomic E-state index is 10.9. The fraction of sp³-hybridized carbons (Fsp3) is 0.600. The van der Waals surface area contributed by atoms with Crippen molar-refractivity contribution in [2.75, 3.05) is 13.2 Å². The Morgan fingerprint density at radius 1 is 1.57 bits per heavy atom. The van der Waals surface area contributed by atoms with Crippen molar-refractivity contribution in [2.45, 2.75) is 6.92 Å². The van der Waals surface area contributed by atoms with Crippen LogP contribution in [0.25, 0.3) is 0 Å². The van der Waals surface area contributed by atoms with Gasteiger partial charge in [-0.15, -0.1) is 0 Å². The molecule has 0 fully saturated rings. The Kier molecular flexibility index (Phi) is 4.87. The van der Waals surface area contributed by atoms with Crippen LogP contribution in [0, 0.1) is 5.41 Å². The molecule has 5 N–H and O–H groups in total. The van der Waals surface area contributed by atoms with E-state index in [-0.39, 0.29) is 19.0 Å². The maximum Gasteiger partial charge on any atom is 0.421 e. The Balaban J connectivity index is 4.08. The molecule has 0 saturated carbocycles. The Morgan fingerprint density at radius 3 is 2.57 bits per heavy atom. The van der Waals surface area contributed by atoms with Crippen LogP contribution in [0.2, 0.25) is 0 Å². The zero-order chi connectivity index (χ0) is 11.2. The van der Waals surface area contributed by atoms with Crippen molar-refractivity contribution in [1.82, 2.24) is 9.44 Å². The van der Waals surface area contributed by atoms with Gasteiger partial charge in [0.15, 0.2) is 0 Å². The number of hydrogen-bond donors (Lipinski definition) is 4. The smallest absolute Gasteiger partial charge is 0.421 e. The van der Waals surface area contributed by atoms with Gasteiger partial charge < -0.3 is 10.5 Å². The molecule has 8 nitrogen and oxygen atoms in total. The monoisotopic (exact) mass is 224 g/mol. The van der Waals surface area contributed by atoms with Crippen molar-refractivity contribution in [1.29, 1.82) is 5.41 Å². The van der Waals surface area contributed by atoms with Crippen molar-refractivity contribution < 1.29 is 17.9 Å². The number of nitrogens with two attached hydrogens (primary N) is 1. The number of nitrogens with one attached hydrogen (secondary N) is 3. The van der Waals surface area contributed by atoms with Gasteiger partial charge in [-0.3, -0.25) is 5.41 Å². The van der Waals surface area contributed by atoms with Crippen molar-refractivity contribution in [3.05, 3.63) is 0 Å². The predicted molar refractivity (Wildman–Crippen MR) is 49.0 cm³/mol. The molecular weight excluding hydrogens is 212 g/mol. The minimum absolute atomic E-state index is 0.0636. The van der Waals surface area contributed by atoms with Gasteiger partial charge in [-0.05, 0) is 6.92 Å². The molecule has 0 radical (unpaired) electrons. The standard InChI is InChI=1S/C5H12N4O4S/c1-2-13-5(10)9-14(11,12)8-3-4(6)7/h8H,2-3H2,1H3,(H3,6,7)(H,9,10). The van der Waals surface area contributed by atoms with E-state index in [1.54, 1.807) is 4.72 Å². The summed E-state index contributed by atoms with van der Waals surface area (Å²) in [7, 11) is -3.99. The van der Waals surface area contributed by atoms with Crippen LogP contribution in [0.5, 0.6) is 0 Å². The lowest BCUT2D eigenvalue weighted by Crippen LogP contribution is -2.43. The van der Waals surface area contributed by atoms with Gasteiger partial charge in [-0.2, -0.15) is 13.1 Å². The molecule has 0 aromatic heterocycles. The topological polar surface area (TPSA) is 134 Å². The van der Waals surface area contributed by atoms with Crippen LogP contribution < -0.4 is 15.2 Å². The molecule has 0 saturated heterocycles. The van der Waals surface area contributed by atoms with Gasteiger partial charge in [0.1, 0.15) is 5.84 Å². The fourth-order valence-electron chi connectivity index (χ4n) is 0.479. The molecule has 0 spiro atoms. The van der Waals surface area contributed by atoms with E-state index >= 15 is 0 Å². The highest BCUT2D eigenvalue weighted by molar-refractivity contribution is 7.88. The molecule has 0 unspecified atom stereocenters. The first kappa shape index (κ1) is 12.7. The Hall–Kier alpha value is -1.35. The average molecular weight is 224 g/mol. The number of rotatable bonds is 5. The van der Waals surface area contributed by atoms with Crippen LogP contribution in [0.4, 0.5) is 4.79 Å². The summed E-state index contributed by atoms with van der Waals surface area (Å²) in [4.78, 5) is 10.7. The predicted octanol–water partition coefficient (Wildman–Crippen LogP) is -1.50. The molecule has 82 valence electrons. The zero-order valence-electron chi connectivity index (χ0n) is 7.53. The van der Waals surface area contributed by atoms with Crippen molar-refractivity contribution in [2.24, 2.45) is 5.73 Å². The lowest BCUT2D eigenvalue weighted by atomic mass is 10.6. The van der Waals surface area contributed by atoms with Crippen LogP contribution in [-0.2, 0) is 14.9 Å². The summed E-state index contributed by atoms with van der Waals surface area (Å²) >= 11 is 0. The number of amides is 1. The third-order valence-electron chi connectivity index (χ3n) is 0.946. The highest BCUT2D eigenvalue weighted by Gasteiger charge is 2.14. The number of ether oxygens (including phenoxy) is 1. The van der Waals surface area contributed by atoms with Crippen molar-refractivity contribution in [3.8, 4) is 0 Å². The summed E-state index contributed by atoms with van der Waals surface area (Å²) < 4.78 is 29.6. The summed E-state index contributed by atoms with van der Waals surface area (Å²) in [6.07, 6.45) is -1.08. The van der Waals surface area contributed by atoms with Crippen molar-refractivity contribution >= 4 is 22.1 Å². The fourth-order valence-corrected chi connectivity index (χ4v) is 1.18. The van der Waals surface area contributed by atoms with Gasteiger partial charge >= 0.3 is 16.3 Å². The SMILES string of the molecule is CCOC(=O)NS(=O)(=O)NCC(=N)N. The molecule has 0 aliphatic carbocycles. The quantitative estimate of drug-likeness (QED) is 0.333. The van der Waals surface area contributed by atoms with Crippen LogP contribution in [0.15, 0.2) is 0 Å². The molecule has 0 aromatic rings. The molecule has 0 atom stereocenters. The van der Waals surface area contributed by atoms with Gasteiger partial charge in [0, 0.05) is 0 Å². The number of carbonyl (C=O) groups is 1. The molecule has 9 heteroatoms. The number of hydrogen-bond acceptors (Lipinski definition) is 5. The second-order valence-electron chi connectivity index (χ2n) is 2.17. The van der Waals surface area contributed by atoms with Gasteiger partial charge in [0.2, 0.25) is 0 Å². The van der Waals surface area contributed by atoms with E-state index in [4.69, 9.17) is 11.1 Å². The van der Waals surface area contributed by atoms with Crippen molar-refractivity contribution in [3.63, 3.8) is 0 Å². The van der Waals surface area contributed by atoms with E-state index in [9.17, 15) is 13.2 Å². The summed E-state index contributed by atoms with van der Waals surface area (Å²) in [5, 5.41) is 6.74. The number of amidine groups is 1. The molecule has 0 heterocycles. The summed E-state index contributed by atoms with van der Waals surface area (Å²) in [6.45, 7) is 1.23. The van der Waals surface area contributed by atoms with E-state index in [1.807, 2.05) is 4.72 Å². The van der Waals surface area contributed by atoms with Gasteiger partial charge in [0.05, 0.1) is 13.2 Å². The summed E-state index contributed by atoms with van der Waals surface area (Å²) in [5.74, 6) is -0.362. The maximum absolute atomic E-state index is 10.9. The zero-order valence-corrected chi connectivity index (χ0v) is 8.35. The molecule has 0 aromatic carbocycles. The molecule has 0 aliphatic rings. The van der Waals surface area contributed by atoms with Gasteiger partial charge in [-0.25, -0.2) is 9.52 Å². The van der Waals surface area contributed by atoms with E-state index < -0.39 is 16.3 Å². The first-order valence-electron chi connectivity index (χ1n) is 3.64.